The van der Waals surface area contributed by atoms with Crippen molar-refractivity contribution in [1.82, 2.24) is 5.32 Å². The second-order valence-corrected chi connectivity index (χ2v) is 6.37. The standard InChI is InChI=1S/C18H27NO3/c1-5-6-17(21)19-16-7-8-22-18-14(12(4)20)9-13(11(2)3)10-15(16)18/h9-12,16,20H,5-8H2,1-4H3,(H,19,21). The summed E-state index contributed by atoms with van der Waals surface area (Å²) < 4.78 is 5.81. The van der Waals surface area contributed by atoms with Crippen LogP contribution in [-0.4, -0.2) is 17.6 Å². The van der Waals surface area contributed by atoms with Gasteiger partial charge in [-0.3, -0.25) is 4.79 Å². The largest absolute Gasteiger partial charge is 0.493 e. The summed E-state index contributed by atoms with van der Waals surface area (Å²) >= 11 is 0. The SMILES string of the molecule is CCCC(=O)NC1CCOc2c(C(C)O)cc(C(C)C)cc21. The molecule has 22 heavy (non-hydrogen) atoms. The van der Waals surface area contributed by atoms with Gasteiger partial charge < -0.3 is 15.2 Å². The maximum Gasteiger partial charge on any atom is 0.220 e. The first-order chi connectivity index (χ1) is 10.4. The average Bonchev–Trinajstić information content (AvgIpc) is 2.46. The van der Waals surface area contributed by atoms with Crippen molar-refractivity contribution in [2.45, 2.75) is 65.0 Å². The van der Waals surface area contributed by atoms with Crippen LogP contribution in [0.4, 0.5) is 0 Å². The van der Waals surface area contributed by atoms with E-state index in [1.54, 1.807) is 6.92 Å². The van der Waals surface area contributed by atoms with Crippen molar-refractivity contribution in [1.29, 1.82) is 0 Å². The van der Waals surface area contributed by atoms with Crippen molar-refractivity contribution in [3.63, 3.8) is 0 Å². The van der Waals surface area contributed by atoms with Gasteiger partial charge in [-0.15, -0.1) is 0 Å². The Morgan fingerprint density at radius 1 is 1.41 bits per heavy atom. The summed E-state index contributed by atoms with van der Waals surface area (Å²) in [5.41, 5.74) is 2.98. The highest BCUT2D eigenvalue weighted by Gasteiger charge is 2.27. The van der Waals surface area contributed by atoms with Gasteiger partial charge in [-0.05, 0) is 37.0 Å². The minimum Gasteiger partial charge on any atom is -0.493 e. The summed E-state index contributed by atoms with van der Waals surface area (Å²) in [6, 6.07) is 4.10. The number of amides is 1. The number of aliphatic hydroxyl groups excluding tert-OH is 1. The molecule has 2 N–H and O–H groups in total. The molecule has 4 heteroatoms. The monoisotopic (exact) mass is 305 g/mol. The predicted molar refractivity (Wildman–Crippen MR) is 87.1 cm³/mol. The molecular formula is C18H27NO3. The molecule has 0 radical (unpaired) electrons. The van der Waals surface area contributed by atoms with Gasteiger partial charge in [0.1, 0.15) is 5.75 Å². The molecule has 4 nitrogen and oxygen atoms in total. The minimum absolute atomic E-state index is 0.0287. The number of fused-ring (bicyclic) bond motifs is 1. The van der Waals surface area contributed by atoms with Gasteiger partial charge >= 0.3 is 0 Å². The lowest BCUT2D eigenvalue weighted by Gasteiger charge is -2.30. The van der Waals surface area contributed by atoms with E-state index in [0.717, 1.165) is 35.3 Å². The van der Waals surface area contributed by atoms with E-state index < -0.39 is 6.10 Å². The van der Waals surface area contributed by atoms with Crippen molar-refractivity contribution < 1.29 is 14.6 Å². The van der Waals surface area contributed by atoms with E-state index in [9.17, 15) is 9.90 Å². The summed E-state index contributed by atoms with van der Waals surface area (Å²) in [7, 11) is 0. The van der Waals surface area contributed by atoms with Crippen molar-refractivity contribution in [3.8, 4) is 5.75 Å². The normalized spacial score (nSPS) is 18.5. The van der Waals surface area contributed by atoms with Crippen molar-refractivity contribution >= 4 is 5.91 Å². The molecule has 2 unspecified atom stereocenters. The lowest BCUT2D eigenvalue weighted by Crippen LogP contribution is -2.32. The highest BCUT2D eigenvalue weighted by atomic mass is 16.5. The fraction of sp³-hybridized carbons (Fsp3) is 0.611. The third kappa shape index (κ3) is 3.61. The van der Waals surface area contributed by atoms with Crippen LogP contribution in [0, 0.1) is 0 Å². The molecule has 2 atom stereocenters. The quantitative estimate of drug-likeness (QED) is 0.874. The van der Waals surface area contributed by atoms with Gasteiger partial charge in [-0.1, -0.05) is 20.8 Å². The molecule has 0 aromatic heterocycles. The predicted octanol–water partition coefficient (Wildman–Crippen LogP) is 3.60. The average molecular weight is 305 g/mol. The molecule has 1 aliphatic rings. The number of hydrogen-bond donors (Lipinski definition) is 2. The minimum atomic E-state index is -0.586. The van der Waals surface area contributed by atoms with E-state index in [4.69, 9.17) is 4.74 Å². The van der Waals surface area contributed by atoms with Crippen LogP contribution >= 0.6 is 0 Å². The summed E-state index contributed by atoms with van der Waals surface area (Å²) in [4.78, 5) is 12.0. The number of ether oxygens (including phenoxy) is 1. The second-order valence-electron chi connectivity index (χ2n) is 6.37. The number of hydrogen-bond acceptors (Lipinski definition) is 3. The Morgan fingerprint density at radius 3 is 2.73 bits per heavy atom. The Balaban J connectivity index is 2.41. The molecule has 2 rings (SSSR count). The molecule has 0 saturated carbocycles. The van der Waals surface area contributed by atoms with E-state index >= 15 is 0 Å². The van der Waals surface area contributed by atoms with Crippen LogP contribution in [0.2, 0.25) is 0 Å². The Morgan fingerprint density at radius 2 is 2.14 bits per heavy atom. The van der Waals surface area contributed by atoms with Crippen LogP contribution in [0.5, 0.6) is 5.75 Å². The fourth-order valence-electron chi connectivity index (χ4n) is 2.85. The first-order valence-electron chi connectivity index (χ1n) is 8.22. The Bertz CT molecular complexity index is 537. The highest BCUT2D eigenvalue weighted by molar-refractivity contribution is 5.76. The second kappa shape index (κ2) is 7.14. The molecule has 1 aliphatic heterocycles. The van der Waals surface area contributed by atoms with Crippen molar-refractivity contribution in [2.24, 2.45) is 0 Å². The fourth-order valence-corrected chi connectivity index (χ4v) is 2.85. The first kappa shape index (κ1) is 16.8. The Kier molecular flexibility index (Phi) is 5.46. The zero-order valence-electron chi connectivity index (χ0n) is 14.0. The summed E-state index contributed by atoms with van der Waals surface area (Å²) in [5, 5.41) is 13.2. The number of carbonyl (C=O) groups is 1. The van der Waals surface area contributed by atoms with Crippen LogP contribution in [0.25, 0.3) is 0 Å². The Labute approximate surface area is 132 Å². The molecule has 1 heterocycles. The molecule has 0 fully saturated rings. The summed E-state index contributed by atoms with van der Waals surface area (Å²) in [6.07, 6.45) is 1.56. The van der Waals surface area contributed by atoms with E-state index in [1.807, 2.05) is 13.0 Å². The van der Waals surface area contributed by atoms with E-state index in [2.05, 4.69) is 25.2 Å². The molecule has 0 saturated heterocycles. The van der Waals surface area contributed by atoms with Crippen LogP contribution in [0.15, 0.2) is 12.1 Å². The number of benzene rings is 1. The maximum absolute atomic E-state index is 12.0. The number of nitrogens with one attached hydrogen (secondary N) is 1. The van der Waals surface area contributed by atoms with Crippen LogP contribution < -0.4 is 10.1 Å². The van der Waals surface area contributed by atoms with Gasteiger partial charge in [0.05, 0.1) is 18.8 Å². The maximum atomic E-state index is 12.0. The number of rotatable bonds is 5. The topological polar surface area (TPSA) is 58.6 Å². The van der Waals surface area contributed by atoms with E-state index in [0.29, 0.717) is 18.9 Å². The van der Waals surface area contributed by atoms with Gasteiger partial charge in [0, 0.05) is 24.0 Å². The lowest BCUT2D eigenvalue weighted by molar-refractivity contribution is -0.122. The molecule has 1 aromatic carbocycles. The van der Waals surface area contributed by atoms with Crippen LogP contribution in [-0.2, 0) is 4.79 Å². The molecule has 0 bridgehead atoms. The smallest absolute Gasteiger partial charge is 0.220 e. The number of carbonyl (C=O) groups excluding carboxylic acids is 1. The lowest BCUT2D eigenvalue weighted by atomic mass is 9.89. The summed E-state index contributed by atoms with van der Waals surface area (Å²) in [5.74, 6) is 1.18. The van der Waals surface area contributed by atoms with E-state index in [-0.39, 0.29) is 11.9 Å². The first-order valence-corrected chi connectivity index (χ1v) is 8.22. The van der Waals surface area contributed by atoms with Gasteiger partial charge in [0.25, 0.3) is 0 Å². The molecule has 1 aromatic rings. The van der Waals surface area contributed by atoms with Crippen LogP contribution in [0.3, 0.4) is 0 Å². The van der Waals surface area contributed by atoms with Crippen molar-refractivity contribution in [2.75, 3.05) is 6.61 Å². The highest BCUT2D eigenvalue weighted by Crippen LogP contribution is 2.40. The van der Waals surface area contributed by atoms with Gasteiger partial charge in [-0.25, -0.2) is 0 Å². The molecule has 0 spiro atoms. The zero-order valence-corrected chi connectivity index (χ0v) is 14.0. The Hall–Kier alpha value is -1.55. The van der Waals surface area contributed by atoms with Crippen molar-refractivity contribution in [3.05, 3.63) is 28.8 Å². The van der Waals surface area contributed by atoms with Gasteiger partial charge in [0.15, 0.2) is 0 Å². The molecule has 122 valence electrons. The molecule has 0 aliphatic carbocycles. The third-order valence-electron chi connectivity index (χ3n) is 4.13. The zero-order chi connectivity index (χ0) is 16.3. The van der Waals surface area contributed by atoms with Gasteiger partial charge in [0.2, 0.25) is 5.91 Å². The van der Waals surface area contributed by atoms with E-state index in [1.165, 1.54) is 0 Å². The summed E-state index contributed by atoms with van der Waals surface area (Å²) in [6.45, 7) is 8.57. The molecular weight excluding hydrogens is 278 g/mol. The number of aliphatic hydroxyl groups is 1. The van der Waals surface area contributed by atoms with Gasteiger partial charge in [-0.2, -0.15) is 0 Å². The molecule has 1 amide bonds. The third-order valence-corrected chi connectivity index (χ3v) is 4.13. The van der Waals surface area contributed by atoms with Crippen LogP contribution in [0.1, 0.15) is 81.7 Å².